The second-order valence-corrected chi connectivity index (χ2v) is 7.22. The lowest BCUT2D eigenvalue weighted by Gasteiger charge is -2.17. The molecule has 1 aromatic carbocycles. The van der Waals surface area contributed by atoms with Crippen LogP contribution in [0.4, 0.5) is 0 Å². The summed E-state index contributed by atoms with van der Waals surface area (Å²) in [5.41, 5.74) is 0.580. The molecule has 0 saturated carbocycles. The highest BCUT2D eigenvalue weighted by Gasteiger charge is 2.30. The van der Waals surface area contributed by atoms with Gasteiger partial charge in [0.2, 0.25) is 10.0 Å². The quantitative estimate of drug-likeness (QED) is 0.909. The van der Waals surface area contributed by atoms with Gasteiger partial charge in [0.25, 0.3) is 0 Å². The molecule has 2 rings (SSSR count). The molecule has 0 unspecified atom stereocenters. The lowest BCUT2D eigenvalue weighted by molar-refractivity contribution is 0.0696. The monoisotopic (exact) mass is 347 g/mol. The molecule has 0 bridgehead atoms. The normalized spacial score (nSPS) is 16.7. The lowest BCUT2D eigenvalue weighted by atomic mass is 10.1. The van der Waals surface area contributed by atoms with Crippen molar-refractivity contribution in [1.82, 2.24) is 4.31 Å². The van der Waals surface area contributed by atoms with Crippen molar-refractivity contribution in [2.24, 2.45) is 0 Å². The molecule has 1 aromatic rings. The number of sulfonamides is 1. The maximum atomic E-state index is 12.5. The average molecular weight is 348 g/mol. The molecule has 0 atom stereocenters. The standard InChI is InChI=1S/C12H14BrNO4S/c1-8-6-9(12(15)16)7-10(11(8)13)19(17,18)14-4-2-3-5-14/h6-7H,2-5H2,1H3,(H,15,16). The number of nitrogens with zero attached hydrogens (tertiary/aromatic N) is 1. The highest BCUT2D eigenvalue weighted by Crippen LogP contribution is 2.31. The predicted molar refractivity (Wildman–Crippen MR) is 73.8 cm³/mol. The van der Waals surface area contributed by atoms with Crippen molar-refractivity contribution < 1.29 is 18.3 Å². The van der Waals surface area contributed by atoms with Gasteiger partial charge in [0.15, 0.2) is 0 Å². The number of benzene rings is 1. The van der Waals surface area contributed by atoms with Gasteiger partial charge in [-0.3, -0.25) is 0 Å². The summed E-state index contributed by atoms with van der Waals surface area (Å²) >= 11 is 3.25. The first-order valence-electron chi connectivity index (χ1n) is 5.87. The fourth-order valence-corrected chi connectivity index (χ4v) is 4.64. The molecule has 1 saturated heterocycles. The summed E-state index contributed by atoms with van der Waals surface area (Å²) in [6.07, 6.45) is 1.68. The minimum atomic E-state index is -3.62. The van der Waals surface area contributed by atoms with E-state index in [0.29, 0.717) is 23.1 Å². The molecule has 7 heteroatoms. The number of aryl methyl sites for hydroxylation is 1. The fourth-order valence-electron chi connectivity index (χ4n) is 2.12. The van der Waals surface area contributed by atoms with Crippen molar-refractivity contribution in [1.29, 1.82) is 0 Å². The van der Waals surface area contributed by atoms with Gasteiger partial charge in [-0.05, 0) is 53.4 Å². The van der Waals surface area contributed by atoms with E-state index in [1.54, 1.807) is 6.92 Å². The van der Waals surface area contributed by atoms with E-state index in [1.807, 2.05) is 0 Å². The van der Waals surface area contributed by atoms with Crippen LogP contribution in [-0.2, 0) is 10.0 Å². The Morgan fingerprint density at radius 3 is 2.42 bits per heavy atom. The minimum absolute atomic E-state index is 0.0153. The molecule has 0 radical (unpaired) electrons. The topological polar surface area (TPSA) is 74.7 Å². The van der Waals surface area contributed by atoms with E-state index in [9.17, 15) is 13.2 Å². The Morgan fingerprint density at radius 1 is 1.32 bits per heavy atom. The number of carbonyl (C=O) groups is 1. The first kappa shape index (κ1) is 14.5. The van der Waals surface area contributed by atoms with Crippen LogP contribution >= 0.6 is 15.9 Å². The summed E-state index contributed by atoms with van der Waals surface area (Å²) in [5, 5.41) is 9.03. The fraction of sp³-hybridized carbons (Fsp3) is 0.417. The van der Waals surface area contributed by atoms with Gasteiger partial charge in [-0.25, -0.2) is 13.2 Å². The molecule has 1 N–H and O–H groups in total. The molecule has 0 amide bonds. The molecule has 5 nitrogen and oxygen atoms in total. The van der Waals surface area contributed by atoms with Crippen molar-refractivity contribution in [2.75, 3.05) is 13.1 Å². The molecule has 104 valence electrons. The van der Waals surface area contributed by atoms with E-state index in [0.717, 1.165) is 12.8 Å². The molecular weight excluding hydrogens is 334 g/mol. The summed E-state index contributed by atoms with van der Waals surface area (Å²) in [4.78, 5) is 11.1. The molecule has 1 aliphatic rings. The largest absolute Gasteiger partial charge is 0.478 e. The molecule has 0 spiro atoms. The Kier molecular flexibility index (Phi) is 3.98. The maximum absolute atomic E-state index is 12.5. The number of aromatic carboxylic acids is 1. The third-order valence-electron chi connectivity index (χ3n) is 3.15. The molecule has 1 heterocycles. The Hall–Kier alpha value is -0.920. The van der Waals surface area contributed by atoms with Crippen LogP contribution in [0.1, 0.15) is 28.8 Å². The van der Waals surface area contributed by atoms with Crippen LogP contribution in [0.3, 0.4) is 0 Å². The molecule has 0 aliphatic carbocycles. The third-order valence-corrected chi connectivity index (χ3v) is 6.39. The van der Waals surface area contributed by atoms with E-state index in [1.165, 1.54) is 16.4 Å². The smallest absolute Gasteiger partial charge is 0.335 e. The molecular formula is C12H14BrNO4S. The molecule has 1 aliphatic heterocycles. The molecule has 19 heavy (non-hydrogen) atoms. The number of carboxylic acid groups (broad SMARTS) is 1. The Morgan fingerprint density at radius 2 is 1.89 bits per heavy atom. The zero-order valence-electron chi connectivity index (χ0n) is 10.4. The summed E-state index contributed by atoms with van der Waals surface area (Å²) in [6.45, 7) is 2.66. The van der Waals surface area contributed by atoms with Gasteiger partial charge >= 0.3 is 5.97 Å². The van der Waals surface area contributed by atoms with Crippen molar-refractivity contribution >= 4 is 31.9 Å². The van der Waals surface area contributed by atoms with E-state index in [-0.39, 0.29) is 10.5 Å². The van der Waals surface area contributed by atoms with Gasteiger partial charge in [-0.1, -0.05) is 0 Å². The first-order chi connectivity index (χ1) is 8.84. The van der Waals surface area contributed by atoms with Crippen molar-refractivity contribution in [3.05, 3.63) is 27.7 Å². The zero-order chi connectivity index (χ0) is 14.2. The lowest BCUT2D eigenvalue weighted by Crippen LogP contribution is -2.28. The van der Waals surface area contributed by atoms with Crippen molar-refractivity contribution in [3.63, 3.8) is 0 Å². The van der Waals surface area contributed by atoms with Crippen molar-refractivity contribution in [2.45, 2.75) is 24.7 Å². The van der Waals surface area contributed by atoms with Gasteiger partial charge in [0.05, 0.1) is 10.5 Å². The zero-order valence-corrected chi connectivity index (χ0v) is 12.8. The summed E-state index contributed by atoms with van der Waals surface area (Å²) in [5.74, 6) is -1.13. The Balaban J connectivity index is 2.57. The van der Waals surface area contributed by atoms with Crippen LogP contribution in [0.25, 0.3) is 0 Å². The van der Waals surface area contributed by atoms with Crippen LogP contribution in [0.5, 0.6) is 0 Å². The van der Waals surface area contributed by atoms with Crippen LogP contribution in [-0.4, -0.2) is 36.9 Å². The summed E-state index contributed by atoms with van der Waals surface area (Å²) in [7, 11) is -3.62. The number of hydrogen-bond donors (Lipinski definition) is 1. The number of carboxylic acids is 1. The molecule has 1 fully saturated rings. The third kappa shape index (κ3) is 2.68. The van der Waals surface area contributed by atoms with E-state index in [2.05, 4.69) is 15.9 Å². The average Bonchev–Trinajstić information content (AvgIpc) is 2.86. The maximum Gasteiger partial charge on any atom is 0.335 e. The summed E-state index contributed by atoms with van der Waals surface area (Å²) < 4.78 is 26.8. The van der Waals surface area contributed by atoms with Crippen LogP contribution in [0.15, 0.2) is 21.5 Å². The van der Waals surface area contributed by atoms with Crippen LogP contribution in [0, 0.1) is 6.92 Å². The van der Waals surface area contributed by atoms with Gasteiger partial charge in [-0.15, -0.1) is 0 Å². The highest BCUT2D eigenvalue weighted by atomic mass is 79.9. The van der Waals surface area contributed by atoms with Crippen LogP contribution < -0.4 is 0 Å². The molecule has 0 aromatic heterocycles. The number of rotatable bonds is 3. The van der Waals surface area contributed by atoms with E-state index in [4.69, 9.17) is 5.11 Å². The predicted octanol–water partition coefficient (Wildman–Crippen LogP) is 2.24. The van der Waals surface area contributed by atoms with Gasteiger partial charge in [0.1, 0.15) is 0 Å². The minimum Gasteiger partial charge on any atom is -0.478 e. The second-order valence-electron chi connectivity index (χ2n) is 4.52. The SMILES string of the molecule is Cc1cc(C(=O)O)cc(S(=O)(=O)N2CCCC2)c1Br. The van der Waals surface area contributed by atoms with Gasteiger partial charge in [0, 0.05) is 17.6 Å². The Labute approximate surface area is 120 Å². The summed E-state index contributed by atoms with van der Waals surface area (Å²) in [6, 6.07) is 2.67. The van der Waals surface area contributed by atoms with Crippen LogP contribution in [0.2, 0.25) is 0 Å². The van der Waals surface area contributed by atoms with Gasteiger partial charge < -0.3 is 5.11 Å². The first-order valence-corrected chi connectivity index (χ1v) is 8.11. The van der Waals surface area contributed by atoms with Crippen molar-refractivity contribution in [3.8, 4) is 0 Å². The van der Waals surface area contributed by atoms with E-state index < -0.39 is 16.0 Å². The second kappa shape index (κ2) is 5.22. The highest BCUT2D eigenvalue weighted by molar-refractivity contribution is 9.10. The van der Waals surface area contributed by atoms with E-state index >= 15 is 0 Å². The number of halogens is 1. The number of hydrogen-bond acceptors (Lipinski definition) is 3. The Bertz CT molecular complexity index is 621. The van der Waals surface area contributed by atoms with Gasteiger partial charge in [-0.2, -0.15) is 4.31 Å².